The maximum Gasteiger partial charge on any atom is 0.409 e. The molecule has 1 amide bonds. The number of amides is 1. The average Bonchev–Trinajstić information content (AvgIpc) is 3.23. The van der Waals surface area contributed by atoms with Gasteiger partial charge in [0.15, 0.2) is 11.5 Å². The van der Waals surface area contributed by atoms with E-state index < -0.39 is 23.6 Å². The zero-order valence-corrected chi connectivity index (χ0v) is 27.9. The number of hydrogen-bond acceptors (Lipinski definition) is 8. The number of aliphatic hydroxyl groups excluding tert-OH is 1. The van der Waals surface area contributed by atoms with Gasteiger partial charge in [0.2, 0.25) is 0 Å². The summed E-state index contributed by atoms with van der Waals surface area (Å²) < 4.78 is 28.7. The predicted molar refractivity (Wildman–Crippen MR) is 166 cm³/mol. The summed E-state index contributed by atoms with van der Waals surface area (Å²) in [7, 11) is 3.34. The molecule has 9 nitrogen and oxygen atoms in total. The molecule has 0 radical (unpaired) electrons. The third-order valence-corrected chi connectivity index (χ3v) is 7.94. The van der Waals surface area contributed by atoms with E-state index in [1.165, 1.54) is 0 Å². The Kier molecular flexibility index (Phi) is 13.9. The van der Waals surface area contributed by atoms with E-state index in [4.69, 9.17) is 23.7 Å². The van der Waals surface area contributed by atoms with Crippen molar-refractivity contribution in [1.82, 2.24) is 10.6 Å². The third-order valence-electron chi connectivity index (χ3n) is 7.94. The standard InChI is InChI=1S/C33H58N2O7/c1-21(2)24(17-23-13-14-26(39-11)27(18-23)40-16-12-15-38-10)19-25(28-20-34-33(8,9)41-28)29(22(3)4)30(36)35-31(37)42-32(5,6)7/h13-14,18,21-22,24-25,28-30,34,36H,12,15-17,19-20H2,1-11H3,(H,35,37)/t24-,25?,28-,29+,30?/m1/s1. The molecule has 9 heteroatoms. The minimum atomic E-state index is -1.09. The highest BCUT2D eigenvalue weighted by Gasteiger charge is 2.44. The molecule has 0 aromatic heterocycles. The molecule has 1 saturated heterocycles. The number of carbonyl (C=O) groups excluding carboxylic acids is 1. The smallest absolute Gasteiger partial charge is 0.409 e. The molecule has 242 valence electrons. The highest BCUT2D eigenvalue weighted by molar-refractivity contribution is 5.67. The zero-order chi connectivity index (χ0) is 31.7. The molecule has 2 rings (SSSR count). The van der Waals surface area contributed by atoms with Crippen LogP contribution in [0.2, 0.25) is 0 Å². The van der Waals surface area contributed by atoms with Gasteiger partial charge < -0.3 is 28.8 Å². The Labute approximate surface area is 254 Å². The third kappa shape index (κ3) is 11.5. The molecule has 2 unspecified atom stereocenters. The lowest BCUT2D eigenvalue weighted by atomic mass is 9.71. The van der Waals surface area contributed by atoms with Gasteiger partial charge >= 0.3 is 6.09 Å². The Bertz CT molecular complexity index is 960. The molecule has 42 heavy (non-hydrogen) atoms. The van der Waals surface area contributed by atoms with Gasteiger partial charge in [-0.1, -0.05) is 33.8 Å². The van der Waals surface area contributed by atoms with Crippen molar-refractivity contribution in [2.75, 3.05) is 34.0 Å². The van der Waals surface area contributed by atoms with Crippen LogP contribution < -0.4 is 20.1 Å². The molecule has 0 aliphatic carbocycles. The van der Waals surface area contributed by atoms with Crippen molar-refractivity contribution in [3.8, 4) is 11.5 Å². The summed E-state index contributed by atoms with van der Waals surface area (Å²) in [6.45, 7) is 20.0. The molecule has 1 aliphatic rings. The fraction of sp³-hybridized carbons (Fsp3) is 0.788. The van der Waals surface area contributed by atoms with Crippen LogP contribution in [0.5, 0.6) is 11.5 Å². The van der Waals surface area contributed by atoms with Crippen LogP contribution in [0.15, 0.2) is 18.2 Å². The fourth-order valence-electron chi connectivity index (χ4n) is 5.81. The Balaban J connectivity index is 2.34. The number of nitrogens with one attached hydrogen (secondary N) is 2. The minimum absolute atomic E-state index is 0.0281. The molecule has 0 saturated carbocycles. The lowest BCUT2D eigenvalue weighted by Crippen LogP contribution is -2.50. The van der Waals surface area contributed by atoms with Crippen LogP contribution in [-0.4, -0.2) is 68.8 Å². The normalized spacial score (nSPS) is 19.8. The number of aliphatic hydroxyl groups is 1. The van der Waals surface area contributed by atoms with Crippen molar-refractivity contribution in [3.63, 3.8) is 0 Å². The lowest BCUT2D eigenvalue weighted by Gasteiger charge is -2.40. The maximum atomic E-state index is 12.6. The van der Waals surface area contributed by atoms with Crippen LogP contribution in [0.4, 0.5) is 4.79 Å². The van der Waals surface area contributed by atoms with E-state index in [-0.39, 0.29) is 29.8 Å². The summed E-state index contributed by atoms with van der Waals surface area (Å²) in [4.78, 5) is 12.6. The van der Waals surface area contributed by atoms with Gasteiger partial charge in [0, 0.05) is 32.6 Å². The Morgan fingerprint density at radius 3 is 2.33 bits per heavy atom. The second-order valence-electron chi connectivity index (χ2n) is 13.7. The lowest BCUT2D eigenvalue weighted by molar-refractivity contribution is -0.0906. The largest absolute Gasteiger partial charge is 0.493 e. The van der Waals surface area contributed by atoms with Gasteiger partial charge in [-0.3, -0.25) is 10.6 Å². The number of alkyl carbamates (subject to hydrolysis) is 1. The molecule has 3 N–H and O–H groups in total. The molecule has 1 aliphatic heterocycles. The van der Waals surface area contributed by atoms with E-state index in [9.17, 15) is 9.90 Å². The Hall–Kier alpha value is -2.07. The summed E-state index contributed by atoms with van der Waals surface area (Å²) in [5.74, 6) is 1.88. The minimum Gasteiger partial charge on any atom is -0.493 e. The molecule has 1 aromatic carbocycles. The fourth-order valence-corrected chi connectivity index (χ4v) is 5.81. The molecule has 1 heterocycles. The molecule has 0 spiro atoms. The quantitative estimate of drug-likeness (QED) is 0.164. The van der Waals surface area contributed by atoms with Crippen molar-refractivity contribution in [2.45, 2.75) is 105 Å². The number of benzene rings is 1. The van der Waals surface area contributed by atoms with Crippen molar-refractivity contribution >= 4 is 6.09 Å². The molecule has 0 bridgehead atoms. The first-order valence-electron chi connectivity index (χ1n) is 15.5. The van der Waals surface area contributed by atoms with Crippen LogP contribution in [0, 0.1) is 29.6 Å². The van der Waals surface area contributed by atoms with Crippen LogP contribution in [0.3, 0.4) is 0 Å². The molecule has 5 atom stereocenters. The van der Waals surface area contributed by atoms with Gasteiger partial charge in [-0.15, -0.1) is 0 Å². The van der Waals surface area contributed by atoms with E-state index in [2.05, 4.69) is 50.5 Å². The number of rotatable bonds is 16. The van der Waals surface area contributed by atoms with E-state index in [1.54, 1.807) is 14.2 Å². The summed E-state index contributed by atoms with van der Waals surface area (Å²) in [5.41, 5.74) is 0.0353. The summed E-state index contributed by atoms with van der Waals surface area (Å²) in [6.07, 6.45) is 0.601. The van der Waals surface area contributed by atoms with Crippen LogP contribution in [0.25, 0.3) is 0 Å². The van der Waals surface area contributed by atoms with E-state index in [1.807, 2.05) is 40.7 Å². The van der Waals surface area contributed by atoms with E-state index >= 15 is 0 Å². The molecule has 1 aromatic rings. The maximum absolute atomic E-state index is 12.6. The highest BCUT2D eigenvalue weighted by atomic mass is 16.6. The number of methoxy groups -OCH3 is 2. The van der Waals surface area contributed by atoms with Crippen molar-refractivity contribution in [1.29, 1.82) is 0 Å². The molecule has 1 fully saturated rings. The van der Waals surface area contributed by atoms with Gasteiger partial charge in [-0.25, -0.2) is 4.79 Å². The first-order chi connectivity index (χ1) is 19.6. The van der Waals surface area contributed by atoms with Crippen molar-refractivity contribution in [3.05, 3.63) is 23.8 Å². The predicted octanol–water partition coefficient (Wildman–Crippen LogP) is 5.77. The van der Waals surface area contributed by atoms with Crippen molar-refractivity contribution < 1.29 is 33.6 Å². The van der Waals surface area contributed by atoms with Gasteiger partial charge in [-0.2, -0.15) is 0 Å². The molecular weight excluding hydrogens is 536 g/mol. The summed E-state index contributed by atoms with van der Waals surface area (Å²) in [5, 5.41) is 17.6. The number of carbonyl (C=O) groups is 1. The average molecular weight is 595 g/mol. The van der Waals surface area contributed by atoms with E-state index in [0.717, 1.165) is 30.6 Å². The van der Waals surface area contributed by atoms with Gasteiger partial charge in [-0.05, 0) is 88.8 Å². The summed E-state index contributed by atoms with van der Waals surface area (Å²) >= 11 is 0. The van der Waals surface area contributed by atoms with Gasteiger partial charge in [0.05, 0.1) is 19.8 Å². The first kappa shape index (κ1) is 36.1. The topological polar surface area (TPSA) is 108 Å². The summed E-state index contributed by atoms with van der Waals surface area (Å²) in [6, 6.07) is 6.14. The number of ether oxygens (including phenoxy) is 5. The van der Waals surface area contributed by atoms with Gasteiger partial charge in [0.1, 0.15) is 17.6 Å². The highest BCUT2D eigenvalue weighted by Crippen LogP contribution is 2.39. The van der Waals surface area contributed by atoms with E-state index in [0.29, 0.717) is 31.4 Å². The molecular formula is C33H58N2O7. The SMILES string of the molecule is COCCCOc1cc(C[C@H](CC([C@H](C(C)C)C(O)NC(=O)OC(C)(C)C)[C@H]2CNC(C)(C)O2)C(C)C)ccc1OC. The monoisotopic (exact) mass is 594 g/mol. The van der Waals surface area contributed by atoms with Gasteiger partial charge in [0.25, 0.3) is 0 Å². The Morgan fingerprint density at radius 2 is 1.81 bits per heavy atom. The Morgan fingerprint density at radius 1 is 1.12 bits per heavy atom. The second-order valence-corrected chi connectivity index (χ2v) is 13.7. The van der Waals surface area contributed by atoms with Crippen LogP contribution in [-0.2, 0) is 20.6 Å². The number of hydrogen-bond donors (Lipinski definition) is 3. The second kappa shape index (κ2) is 16.1. The van der Waals surface area contributed by atoms with Crippen molar-refractivity contribution in [2.24, 2.45) is 29.6 Å². The van der Waals surface area contributed by atoms with Crippen LogP contribution >= 0.6 is 0 Å². The van der Waals surface area contributed by atoms with Crippen LogP contribution in [0.1, 0.15) is 80.7 Å². The first-order valence-corrected chi connectivity index (χ1v) is 15.5. The zero-order valence-electron chi connectivity index (χ0n) is 27.9.